The zero-order chi connectivity index (χ0) is 7.28. The minimum atomic E-state index is -0.999. The number of hydrogen-bond acceptors (Lipinski definition) is 3. The Kier molecular flexibility index (Phi) is 4.67. The molecule has 0 aromatic heterocycles. The van der Waals surface area contributed by atoms with Gasteiger partial charge >= 0.3 is 0 Å². The topological polar surface area (TPSA) is 60.7 Å². The molecule has 0 aliphatic heterocycles. The molecule has 0 fully saturated rings. The quantitative estimate of drug-likeness (QED) is 0.476. The predicted octanol–water partition coefficient (Wildman–Crippen LogP) is -0.685. The highest BCUT2D eigenvalue weighted by Gasteiger charge is 2.12. The molecule has 0 heterocycles. The van der Waals surface area contributed by atoms with E-state index in [9.17, 15) is 0 Å². The SMILES string of the molecule is C[CH]CC(O)C(O)CO. The molecule has 3 heteroatoms. The summed E-state index contributed by atoms with van der Waals surface area (Å²) < 4.78 is 0. The third-order valence-corrected chi connectivity index (χ3v) is 1.11. The van der Waals surface area contributed by atoms with E-state index in [-0.39, 0.29) is 6.61 Å². The zero-order valence-corrected chi connectivity index (χ0v) is 5.49. The van der Waals surface area contributed by atoms with Crippen LogP contribution < -0.4 is 0 Å². The molecular weight excluding hydrogens is 120 g/mol. The molecule has 9 heavy (non-hydrogen) atoms. The first kappa shape index (κ1) is 8.88. The molecule has 2 atom stereocenters. The van der Waals surface area contributed by atoms with Gasteiger partial charge in [0, 0.05) is 0 Å². The Morgan fingerprint density at radius 2 is 1.89 bits per heavy atom. The van der Waals surface area contributed by atoms with Crippen LogP contribution in [0.3, 0.4) is 0 Å². The average Bonchev–Trinajstić information content (AvgIpc) is 1.87. The van der Waals surface area contributed by atoms with Crippen molar-refractivity contribution in [3.05, 3.63) is 6.42 Å². The van der Waals surface area contributed by atoms with Crippen LogP contribution in [0.2, 0.25) is 0 Å². The van der Waals surface area contributed by atoms with E-state index in [0.717, 1.165) is 0 Å². The molecule has 0 aromatic rings. The first-order chi connectivity index (χ1) is 4.22. The summed E-state index contributed by atoms with van der Waals surface area (Å²) in [6.45, 7) is 1.41. The summed E-state index contributed by atoms with van der Waals surface area (Å²) in [6.07, 6.45) is 0.340. The average molecular weight is 133 g/mol. The smallest absolute Gasteiger partial charge is 0.103 e. The van der Waals surface area contributed by atoms with Crippen LogP contribution in [-0.4, -0.2) is 34.1 Å². The Bertz CT molecular complexity index is 65.3. The summed E-state index contributed by atoms with van der Waals surface area (Å²) >= 11 is 0. The van der Waals surface area contributed by atoms with Crippen molar-refractivity contribution in [2.75, 3.05) is 6.61 Å². The summed E-state index contributed by atoms with van der Waals surface area (Å²) in [4.78, 5) is 0. The molecule has 0 aromatic carbocycles. The second-order valence-electron chi connectivity index (χ2n) is 1.96. The predicted molar refractivity (Wildman–Crippen MR) is 33.7 cm³/mol. The van der Waals surface area contributed by atoms with Gasteiger partial charge in [-0.05, 0) is 12.8 Å². The minimum Gasteiger partial charge on any atom is -0.394 e. The highest BCUT2D eigenvalue weighted by atomic mass is 16.4. The molecule has 3 N–H and O–H groups in total. The van der Waals surface area contributed by atoms with Crippen molar-refractivity contribution in [1.82, 2.24) is 0 Å². The lowest BCUT2D eigenvalue weighted by atomic mass is 10.1. The molecule has 0 aliphatic rings. The molecule has 2 unspecified atom stereocenters. The van der Waals surface area contributed by atoms with Crippen molar-refractivity contribution in [3.63, 3.8) is 0 Å². The Morgan fingerprint density at radius 1 is 1.33 bits per heavy atom. The fourth-order valence-corrected chi connectivity index (χ4v) is 0.520. The van der Waals surface area contributed by atoms with Crippen molar-refractivity contribution in [2.45, 2.75) is 25.6 Å². The fourth-order valence-electron chi connectivity index (χ4n) is 0.520. The zero-order valence-electron chi connectivity index (χ0n) is 5.49. The van der Waals surface area contributed by atoms with Gasteiger partial charge in [-0.1, -0.05) is 6.92 Å². The van der Waals surface area contributed by atoms with Gasteiger partial charge in [0.25, 0.3) is 0 Å². The van der Waals surface area contributed by atoms with Gasteiger partial charge in [0.05, 0.1) is 12.7 Å². The Hall–Kier alpha value is -0.120. The first-order valence-corrected chi connectivity index (χ1v) is 2.97. The third kappa shape index (κ3) is 3.46. The van der Waals surface area contributed by atoms with Gasteiger partial charge in [-0.3, -0.25) is 0 Å². The van der Waals surface area contributed by atoms with Crippen molar-refractivity contribution >= 4 is 0 Å². The first-order valence-electron chi connectivity index (χ1n) is 2.97. The Balaban J connectivity index is 3.32. The van der Waals surface area contributed by atoms with Crippen LogP contribution in [-0.2, 0) is 0 Å². The van der Waals surface area contributed by atoms with E-state index in [1.54, 1.807) is 13.3 Å². The van der Waals surface area contributed by atoms with Crippen LogP contribution in [0.5, 0.6) is 0 Å². The Morgan fingerprint density at radius 3 is 2.22 bits per heavy atom. The maximum Gasteiger partial charge on any atom is 0.103 e. The molecule has 55 valence electrons. The van der Waals surface area contributed by atoms with Crippen LogP contribution >= 0.6 is 0 Å². The highest BCUT2D eigenvalue weighted by Crippen LogP contribution is 1.99. The van der Waals surface area contributed by atoms with Crippen molar-refractivity contribution < 1.29 is 15.3 Å². The largest absolute Gasteiger partial charge is 0.394 e. The monoisotopic (exact) mass is 133 g/mol. The van der Waals surface area contributed by atoms with Crippen LogP contribution in [0.15, 0.2) is 0 Å². The number of hydrogen-bond donors (Lipinski definition) is 3. The normalized spacial score (nSPS) is 17.3. The van der Waals surface area contributed by atoms with Gasteiger partial charge in [-0.15, -0.1) is 0 Å². The maximum absolute atomic E-state index is 8.88. The fraction of sp³-hybridized carbons (Fsp3) is 0.833. The number of aliphatic hydroxyl groups is 3. The second kappa shape index (κ2) is 4.73. The van der Waals surface area contributed by atoms with E-state index >= 15 is 0 Å². The standard InChI is InChI=1S/C6H13O3/c1-2-3-5(8)6(9)4-7/h2,5-9H,3-4H2,1H3. The van der Waals surface area contributed by atoms with Crippen molar-refractivity contribution in [2.24, 2.45) is 0 Å². The van der Waals surface area contributed by atoms with E-state index < -0.39 is 12.2 Å². The van der Waals surface area contributed by atoms with Crippen LogP contribution in [0.1, 0.15) is 13.3 Å². The second-order valence-corrected chi connectivity index (χ2v) is 1.96. The van der Waals surface area contributed by atoms with E-state index in [1.165, 1.54) is 0 Å². The summed E-state index contributed by atoms with van der Waals surface area (Å²) in [7, 11) is 0. The van der Waals surface area contributed by atoms with Crippen LogP contribution in [0, 0.1) is 6.42 Å². The minimum absolute atomic E-state index is 0.380. The van der Waals surface area contributed by atoms with E-state index in [1.807, 2.05) is 0 Å². The lowest BCUT2D eigenvalue weighted by Crippen LogP contribution is -2.28. The summed E-state index contributed by atoms with van der Waals surface area (Å²) in [6, 6.07) is 0. The highest BCUT2D eigenvalue weighted by molar-refractivity contribution is 4.71. The van der Waals surface area contributed by atoms with Gasteiger partial charge in [0.15, 0.2) is 0 Å². The molecule has 3 nitrogen and oxygen atoms in total. The summed E-state index contributed by atoms with van der Waals surface area (Å²) in [5.74, 6) is 0. The van der Waals surface area contributed by atoms with Crippen molar-refractivity contribution in [1.29, 1.82) is 0 Å². The molecule has 0 spiro atoms. The van der Waals surface area contributed by atoms with Gasteiger partial charge in [-0.25, -0.2) is 0 Å². The molecule has 1 radical (unpaired) electrons. The van der Waals surface area contributed by atoms with Crippen molar-refractivity contribution in [3.8, 4) is 0 Å². The lowest BCUT2D eigenvalue weighted by molar-refractivity contribution is -0.0136. The van der Waals surface area contributed by atoms with E-state index in [2.05, 4.69) is 0 Å². The maximum atomic E-state index is 8.88. The Labute approximate surface area is 54.9 Å². The molecule has 0 saturated heterocycles. The van der Waals surface area contributed by atoms with E-state index in [4.69, 9.17) is 15.3 Å². The number of aliphatic hydroxyl groups excluding tert-OH is 3. The summed E-state index contributed by atoms with van der Waals surface area (Å²) in [5.41, 5.74) is 0. The van der Waals surface area contributed by atoms with Gasteiger partial charge in [0.1, 0.15) is 6.10 Å². The molecule has 0 bridgehead atoms. The lowest BCUT2D eigenvalue weighted by Gasteiger charge is -2.13. The van der Waals surface area contributed by atoms with Crippen LogP contribution in [0.25, 0.3) is 0 Å². The molecule has 0 rings (SSSR count). The summed E-state index contributed by atoms with van der Waals surface area (Å²) in [5, 5.41) is 25.9. The van der Waals surface area contributed by atoms with Gasteiger partial charge in [0.2, 0.25) is 0 Å². The third-order valence-electron chi connectivity index (χ3n) is 1.11. The van der Waals surface area contributed by atoms with Gasteiger partial charge < -0.3 is 15.3 Å². The van der Waals surface area contributed by atoms with Crippen LogP contribution in [0.4, 0.5) is 0 Å². The number of rotatable bonds is 4. The molecule has 0 saturated carbocycles. The molecule has 0 aliphatic carbocycles. The van der Waals surface area contributed by atoms with Gasteiger partial charge in [-0.2, -0.15) is 0 Å². The van der Waals surface area contributed by atoms with E-state index in [0.29, 0.717) is 6.42 Å². The molecular formula is C6H13O3. The molecule has 0 amide bonds.